The Balaban J connectivity index is 1.41. The van der Waals surface area contributed by atoms with Crippen molar-refractivity contribution in [3.63, 3.8) is 0 Å². The Bertz CT molecular complexity index is 1220. The predicted molar refractivity (Wildman–Crippen MR) is 132 cm³/mol. The minimum Gasteiger partial charge on any atom is -0.477 e. The Kier molecular flexibility index (Phi) is 7.30. The highest BCUT2D eigenvalue weighted by atomic mass is 32.2. The molecule has 1 aromatic heterocycles. The molecule has 2 aliphatic rings. The lowest BCUT2D eigenvalue weighted by molar-refractivity contribution is -0.150. The van der Waals surface area contributed by atoms with Gasteiger partial charge < -0.3 is 27.2 Å². The lowest BCUT2D eigenvalue weighted by Gasteiger charge is -2.49. The van der Waals surface area contributed by atoms with Crippen molar-refractivity contribution < 1.29 is 24.3 Å². The topological polar surface area (TPSA) is 194 Å². The van der Waals surface area contributed by atoms with Gasteiger partial charge in [-0.1, -0.05) is 35.2 Å². The molecular weight excluding hydrogens is 514 g/mol. The minimum absolute atomic E-state index is 0.0557. The summed E-state index contributed by atoms with van der Waals surface area (Å²) in [6.07, 6.45) is 0. The number of urea groups is 1. The van der Waals surface area contributed by atoms with Gasteiger partial charge >= 0.3 is 12.0 Å². The second kappa shape index (κ2) is 10.2. The van der Waals surface area contributed by atoms with E-state index < -0.39 is 41.3 Å². The van der Waals surface area contributed by atoms with Crippen LogP contribution < -0.4 is 22.1 Å². The zero-order chi connectivity index (χ0) is 25.3. The van der Waals surface area contributed by atoms with Gasteiger partial charge in [-0.2, -0.15) is 0 Å². The molecule has 0 saturated carbocycles. The molecule has 0 radical (unpaired) electrons. The molecule has 0 bridgehead atoms. The average molecular weight is 536 g/mol. The van der Waals surface area contributed by atoms with Gasteiger partial charge in [-0.3, -0.25) is 14.5 Å². The fourth-order valence-corrected chi connectivity index (χ4v) is 6.89. The second-order valence-electron chi connectivity index (χ2n) is 7.62. The summed E-state index contributed by atoms with van der Waals surface area (Å²) in [7, 11) is 0. The van der Waals surface area contributed by atoms with Crippen molar-refractivity contribution in [3.05, 3.63) is 46.1 Å². The van der Waals surface area contributed by atoms with E-state index in [1.807, 2.05) is 6.92 Å². The quantitative estimate of drug-likeness (QED) is 0.239. The van der Waals surface area contributed by atoms with Crippen LogP contribution in [-0.4, -0.2) is 66.9 Å². The summed E-state index contributed by atoms with van der Waals surface area (Å²) in [5.74, 6) is -1.52. The van der Waals surface area contributed by atoms with Gasteiger partial charge in [0.2, 0.25) is 5.91 Å². The zero-order valence-electron chi connectivity index (χ0n) is 18.3. The molecule has 12 nitrogen and oxygen atoms in total. The predicted octanol–water partition coefficient (Wildman–Crippen LogP) is 0.868. The normalized spacial score (nSPS) is 20.1. The number of nitrogens with two attached hydrogens (primary N) is 2. The van der Waals surface area contributed by atoms with Gasteiger partial charge in [-0.25, -0.2) is 9.59 Å². The van der Waals surface area contributed by atoms with Gasteiger partial charge in [0.05, 0.1) is 0 Å². The van der Waals surface area contributed by atoms with Crippen LogP contribution in [0.3, 0.4) is 0 Å². The first kappa shape index (κ1) is 25.0. The molecule has 3 heterocycles. The molecule has 1 saturated heterocycles. The fraction of sp³-hybridized carbons (Fsp3) is 0.300. The first-order valence-corrected chi connectivity index (χ1v) is 13.1. The molecule has 1 fully saturated rings. The number of β-lactam (4-membered cyclic amide) rings is 1. The molecule has 2 unspecified atom stereocenters. The molecule has 4 rings (SSSR count). The highest BCUT2D eigenvalue weighted by Gasteiger charge is 2.54. The molecule has 4 amide bonds. The number of aromatic nitrogens is 2. The molecule has 0 aliphatic carbocycles. The van der Waals surface area contributed by atoms with Crippen LogP contribution in [0.2, 0.25) is 0 Å². The van der Waals surface area contributed by atoms with E-state index in [4.69, 9.17) is 11.5 Å². The summed E-state index contributed by atoms with van der Waals surface area (Å²) in [6.45, 7) is 1.83. The van der Waals surface area contributed by atoms with E-state index in [9.17, 15) is 24.3 Å². The van der Waals surface area contributed by atoms with E-state index in [0.717, 1.165) is 9.35 Å². The summed E-state index contributed by atoms with van der Waals surface area (Å²) < 4.78 is 0.722. The number of carboxylic acid groups (broad SMARTS) is 1. The SMILES string of the molecule is Cc1nnc(SCC2=C(C(=O)O)N3C(=O)C(NC(=O)C(N)c4ccc(NC(N)=O)cc4)[C@H]3SC2)s1. The van der Waals surface area contributed by atoms with Crippen LogP contribution in [0.4, 0.5) is 10.5 Å². The number of benzene rings is 1. The first-order valence-electron chi connectivity index (χ1n) is 10.2. The van der Waals surface area contributed by atoms with Gasteiger partial charge in [-0.05, 0) is 30.2 Å². The summed E-state index contributed by atoms with van der Waals surface area (Å²) in [6, 6.07) is 3.56. The van der Waals surface area contributed by atoms with Crippen LogP contribution in [-0.2, 0) is 14.4 Å². The van der Waals surface area contributed by atoms with Crippen LogP contribution in [0.1, 0.15) is 16.6 Å². The third-order valence-corrected chi connectivity index (χ3v) is 8.64. The fourth-order valence-electron chi connectivity index (χ4n) is 3.59. The molecule has 7 N–H and O–H groups in total. The summed E-state index contributed by atoms with van der Waals surface area (Å²) in [5, 5.41) is 23.1. The number of amides is 4. The number of fused-ring (bicyclic) bond motifs is 1. The lowest BCUT2D eigenvalue weighted by Crippen LogP contribution is -2.71. The number of nitrogens with zero attached hydrogens (tertiary/aromatic N) is 3. The highest BCUT2D eigenvalue weighted by Crippen LogP contribution is 2.42. The van der Waals surface area contributed by atoms with Crippen LogP contribution in [0.25, 0.3) is 0 Å². The third kappa shape index (κ3) is 5.27. The number of anilines is 1. The molecule has 1 aromatic carbocycles. The van der Waals surface area contributed by atoms with Crippen LogP contribution in [0.5, 0.6) is 0 Å². The number of nitrogens with one attached hydrogen (secondary N) is 2. The highest BCUT2D eigenvalue weighted by molar-refractivity contribution is 8.01. The first-order chi connectivity index (χ1) is 16.7. The number of hydrogen-bond acceptors (Lipinski definition) is 10. The monoisotopic (exact) mass is 535 g/mol. The molecule has 2 aromatic rings. The van der Waals surface area contributed by atoms with Gasteiger partial charge in [0.15, 0.2) is 4.34 Å². The number of thioether (sulfide) groups is 2. The van der Waals surface area contributed by atoms with Gasteiger partial charge in [0, 0.05) is 17.2 Å². The maximum atomic E-state index is 12.9. The maximum Gasteiger partial charge on any atom is 0.352 e. The van der Waals surface area contributed by atoms with E-state index >= 15 is 0 Å². The van der Waals surface area contributed by atoms with Gasteiger partial charge in [-0.15, -0.1) is 22.0 Å². The van der Waals surface area contributed by atoms with Crippen molar-refractivity contribution in [2.45, 2.75) is 28.7 Å². The van der Waals surface area contributed by atoms with Crippen molar-refractivity contribution in [1.29, 1.82) is 0 Å². The Labute approximate surface area is 211 Å². The van der Waals surface area contributed by atoms with E-state index in [2.05, 4.69) is 20.8 Å². The lowest BCUT2D eigenvalue weighted by atomic mass is 10.0. The van der Waals surface area contributed by atoms with E-state index in [1.54, 1.807) is 24.3 Å². The number of aliphatic carboxylic acids is 1. The number of primary amides is 1. The van der Waals surface area contributed by atoms with Crippen LogP contribution >= 0.6 is 34.9 Å². The zero-order valence-corrected chi connectivity index (χ0v) is 20.7. The molecule has 15 heteroatoms. The van der Waals surface area contributed by atoms with Crippen LogP contribution in [0, 0.1) is 6.92 Å². The number of carbonyl (C=O) groups excluding carboxylic acids is 3. The van der Waals surface area contributed by atoms with Gasteiger partial charge in [0.25, 0.3) is 5.91 Å². The molecule has 184 valence electrons. The maximum absolute atomic E-state index is 12.9. The molecular formula is C20H21N7O5S3. The molecule has 0 spiro atoms. The number of carbonyl (C=O) groups is 4. The molecule has 2 aliphatic heterocycles. The van der Waals surface area contributed by atoms with E-state index in [0.29, 0.717) is 28.3 Å². The molecule has 35 heavy (non-hydrogen) atoms. The van der Waals surface area contributed by atoms with E-state index in [-0.39, 0.29) is 5.70 Å². The smallest absolute Gasteiger partial charge is 0.352 e. The van der Waals surface area contributed by atoms with Crippen molar-refractivity contribution in [2.24, 2.45) is 11.5 Å². The Morgan fingerprint density at radius 1 is 1.29 bits per heavy atom. The van der Waals surface area contributed by atoms with Crippen molar-refractivity contribution in [3.8, 4) is 0 Å². The third-order valence-electron chi connectivity index (χ3n) is 5.24. The number of hydrogen-bond donors (Lipinski definition) is 5. The minimum atomic E-state index is -1.20. The van der Waals surface area contributed by atoms with Gasteiger partial charge in [0.1, 0.15) is 28.2 Å². The standard InChI is InChI=1S/C20H21N7O5S3/c1-8-25-26-20(35-8)34-7-10-6-33-17-13(16(29)27(17)14(10)18(30)31)24-15(28)12(21)9-2-4-11(5-3-9)23-19(22)32/h2-5,12-13,17H,6-7,21H2,1H3,(H,24,28)(H,30,31)(H3,22,23,32)/t12?,13?,17-/m1/s1. The Morgan fingerprint density at radius 3 is 2.60 bits per heavy atom. The summed E-state index contributed by atoms with van der Waals surface area (Å²) in [4.78, 5) is 49.7. The van der Waals surface area contributed by atoms with E-state index in [1.165, 1.54) is 39.8 Å². The van der Waals surface area contributed by atoms with Crippen molar-refractivity contribution in [2.75, 3.05) is 16.8 Å². The summed E-state index contributed by atoms with van der Waals surface area (Å²) >= 11 is 4.17. The largest absolute Gasteiger partial charge is 0.477 e. The van der Waals surface area contributed by atoms with Crippen molar-refractivity contribution in [1.82, 2.24) is 20.4 Å². The number of carboxylic acids is 1. The van der Waals surface area contributed by atoms with Crippen molar-refractivity contribution >= 4 is 64.4 Å². The Hall–Kier alpha value is -3.14. The average Bonchev–Trinajstić information content (AvgIpc) is 3.24. The van der Waals surface area contributed by atoms with Crippen LogP contribution in [0.15, 0.2) is 39.9 Å². The second-order valence-corrected chi connectivity index (χ2v) is 11.1. The number of rotatable bonds is 8. The summed E-state index contributed by atoms with van der Waals surface area (Å²) in [5.41, 5.74) is 12.6. The Morgan fingerprint density at radius 2 is 2.00 bits per heavy atom. The number of aryl methyl sites for hydroxylation is 1. The molecule has 3 atom stereocenters.